The van der Waals surface area contributed by atoms with E-state index < -0.39 is 0 Å². The van der Waals surface area contributed by atoms with Crippen LogP contribution >= 0.6 is 22.6 Å². The SMILES string of the molecule is Cc1ccc(NC(=O)/C(=C/c2ccccc2)NC(=O)c2ccccc2I)cc1. The highest BCUT2D eigenvalue weighted by Crippen LogP contribution is 2.14. The van der Waals surface area contributed by atoms with Crippen molar-refractivity contribution in [2.24, 2.45) is 0 Å². The zero-order chi connectivity index (χ0) is 19.9. The second kappa shape index (κ2) is 9.32. The topological polar surface area (TPSA) is 58.2 Å². The quantitative estimate of drug-likeness (QED) is 0.397. The number of hydrogen-bond acceptors (Lipinski definition) is 2. The Kier molecular flexibility index (Phi) is 6.60. The molecule has 0 saturated carbocycles. The number of nitrogens with one attached hydrogen (secondary N) is 2. The summed E-state index contributed by atoms with van der Waals surface area (Å²) >= 11 is 2.10. The number of rotatable bonds is 5. The van der Waals surface area contributed by atoms with Gasteiger partial charge in [-0.2, -0.15) is 0 Å². The summed E-state index contributed by atoms with van der Waals surface area (Å²) in [6, 6.07) is 24.1. The number of anilines is 1. The fraction of sp³-hybridized carbons (Fsp3) is 0.0435. The average molecular weight is 482 g/mol. The lowest BCUT2D eigenvalue weighted by molar-refractivity contribution is -0.113. The van der Waals surface area contributed by atoms with Crippen LogP contribution in [0.25, 0.3) is 6.08 Å². The fourth-order valence-electron chi connectivity index (χ4n) is 2.54. The van der Waals surface area contributed by atoms with Gasteiger partial charge in [-0.05, 0) is 65.4 Å². The van der Waals surface area contributed by atoms with Crippen LogP contribution in [0.15, 0.2) is 84.6 Å². The van der Waals surface area contributed by atoms with Crippen LogP contribution in [0.2, 0.25) is 0 Å². The molecule has 0 atom stereocenters. The summed E-state index contributed by atoms with van der Waals surface area (Å²) in [5, 5.41) is 5.60. The molecular weight excluding hydrogens is 463 g/mol. The van der Waals surface area contributed by atoms with Crippen molar-refractivity contribution in [2.75, 3.05) is 5.32 Å². The molecule has 5 heteroatoms. The summed E-state index contributed by atoms with van der Waals surface area (Å²) in [5.41, 5.74) is 3.28. The minimum atomic E-state index is -0.382. The Bertz CT molecular complexity index is 1010. The smallest absolute Gasteiger partial charge is 0.272 e. The predicted molar refractivity (Wildman–Crippen MR) is 121 cm³/mol. The molecule has 0 fully saturated rings. The highest BCUT2D eigenvalue weighted by Gasteiger charge is 2.16. The van der Waals surface area contributed by atoms with Gasteiger partial charge in [0.2, 0.25) is 0 Å². The molecule has 0 aliphatic heterocycles. The molecule has 0 aliphatic rings. The summed E-state index contributed by atoms with van der Waals surface area (Å²) in [5.74, 6) is -0.710. The molecule has 3 aromatic rings. The van der Waals surface area contributed by atoms with Gasteiger partial charge in [0.1, 0.15) is 5.70 Å². The van der Waals surface area contributed by atoms with Crippen molar-refractivity contribution in [3.8, 4) is 0 Å². The lowest BCUT2D eigenvalue weighted by Crippen LogP contribution is -2.31. The van der Waals surface area contributed by atoms with Crippen molar-refractivity contribution in [3.05, 3.63) is 105 Å². The first-order chi connectivity index (χ1) is 13.5. The molecule has 0 spiro atoms. The van der Waals surface area contributed by atoms with Gasteiger partial charge in [-0.3, -0.25) is 9.59 Å². The van der Waals surface area contributed by atoms with Gasteiger partial charge >= 0.3 is 0 Å². The van der Waals surface area contributed by atoms with Crippen molar-refractivity contribution in [1.82, 2.24) is 5.32 Å². The molecule has 0 heterocycles. The van der Waals surface area contributed by atoms with Crippen LogP contribution in [-0.2, 0) is 4.79 Å². The second-order valence-electron chi connectivity index (χ2n) is 6.22. The van der Waals surface area contributed by atoms with E-state index in [1.165, 1.54) is 0 Å². The molecule has 3 rings (SSSR count). The Labute approximate surface area is 177 Å². The molecule has 2 N–H and O–H groups in total. The summed E-state index contributed by atoms with van der Waals surface area (Å²) in [7, 11) is 0. The van der Waals surface area contributed by atoms with Gasteiger partial charge in [0.25, 0.3) is 11.8 Å². The van der Waals surface area contributed by atoms with E-state index in [0.717, 1.165) is 14.7 Å². The monoisotopic (exact) mass is 482 g/mol. The minimum Gasteiger partial charge on any atom is -0.321 e. The molecule has 2 amide bonds. The Morgan fingerprint density at radius 1 is 0.857 bits per heavy atom. The Balaban J connectivity index is 1.87. The number of amides is 2. The lowest BCUT2D eigenvalue weighted by atomic mass is 10.1. The fourth-order valence-corrected chi connectivity index (χ4v) is 3.18. The molecule has 28 heavy (non-hydrogen) atoms. The third-order valence-electron chi connectivity index (χ3n) is 4.03. The number of halogens is 1. The van der Waals surface area contributed by atoms with Crippen LogP contribution in [-0.4, -0.2) is 11.8 Å². The standard InChI is InChI=1S/C23H19IN2O2/c1-16-11-13-18(14-12-16)25-23(28)21(15-17-7-3-2-4-8-17)26-22(27)19-9-5-6-10-20(19)24/h2-15H,1H3,(H,25,28)(H,26,27)/b21-15-. The van der Waals surface area contributed by atoms with Crippen LogP contribution in [0.3, 0.4) is 0 Å². The summed E-state index contributed by atoms with van der Waals surface area (Å²) in [6.07, 6.45) is 1.66. The van der Waals surface area contributed by atoms with E-state index in [4.69, 9.17) is 0 Å². The first-order valence-corrected chi connectivity index (χ1v) is 9.81. The van der Waals surface area contributed by atoms with Gasteiger partial charge < -0.3 is 10.6 Å². The van der Waals surface area contributed by atoms with Gasteiger partial charge in [-0.1, -0.05) is 60.2 Å². The molecule has 0 aliphatic carbocycles. The zero-order valence-corrected chi connectivity index (χ0v) is 17.4. The normalized spacial score (nSPS) is 11.0. The van der Waals surface area contributed by atoms with E-state index in [1.54, 1.807) is 18.2 Å². The maximum absolute atomic E-state index is 12.9. The average Bonchev–Trinajstić information content (AvgIpc) is 2.70. The van der Waals surface area contributed by atoms with Crippen molar-refractivity contribution in [2.45, 2.75) is 6.92 Å². The van der Waals surface area contributed by atoms with Gasteiger partial charge in [-0.25, -0.2) is 0 Å². The van der Waals surface area contributed by atoms with E-state index in [9.17, 15) is 9.59 Å². The summed E-state index contributed by atoms with van der Waals surface area (Å²) in [4.78, 5) is 25.6. The Morgan fingerprint density at radius 3 is 2.18 bits per heavy atom. The Morgan fingerprint density at radius 2 is 1.50 bits per heavy atom. The number of carbonyl (C=O) groups is 2. The van der Waals surface area contributed by atoms with Gasteiger partial charge in [0.15, 0.2) is 0 Å². The molecule has 0 unspecified atom stereocenters. The van der Waals surface area contributed by atoms with Gasteiger partial charge in [-0.15, -0.1) is 0 Å². The summed E-state index contributed by atoms with van der Waals surface area (Å²) < 4.78 is 0.815. The molecule has 0 aromatic heterocycles. The molecular formula is C23H19IN2O2. The zero-order valence-electron chi connectivity index (χ0n) is 15.3. The first-order valence-electron chi connectivity index (χ1n) is 8.73. The van der Waals surface area contributed by atoms with Crippen molar-refractivity contribution in [1.29, 1.82) is 0 Å². The minimum absolute atomic E-state index is 0.177. The van der Waals surface area contributed by atoms with Crippen LogP contribution in [0.1, 0.15) is 21.5 Å². The van der Waals surface area contributed by atoms with E-state index in [-0.39, 0.29) is 17.5 Å². The van der Waals surface area contributed by atoms with Crippen LogP contribution in [0.5, 0.6) is 0 Å². The molecule has 0 radical (unpaired) electrons. The van der Waals surface area contributed by atoms with Gasteiger partial charge in [0, 0.05) is 9.26 Å². The van der Waals surface area contributed by atoms with Crippen LogP contribution in [0, 0.1) is 10.5 Å². The van der Waals surface area contributed by atoms with Gasteiger partial charge in [0.05, 0.1) is 5.56 Å². The number of benzene rings is 3. The van der Waals surface area contributed by atoms with E-state index in [0.29, 0.717) is 11.3 Å². The first kappa shape index (κ1) is 19.8. The van der Waals surface area contributed by atoms with E-state index in [2.05, 4.69) is 33.2 Å². The number of hydrogen-bond donors (Lipinski definition) is 2. The molecule has 140 valence electrons. The lowest BCUT2D eigenvalue weighted by Gasteiger charge is -2.12. The molecule has 0 bridgehead atoms. The Hall–Kier alpha value is -2.93. The van der Waals surface area contributed by atoms with Crippen molar-refractivity contribution < 1.29 is 9.59 Å². The number of carbonyl (C=O) groups excluding carboxylic acids is 2. The van der Waals surface area contributed by atoms with E-state index >= 15 is 0 Å². The third-order valence-corrected chi connectivity index (χ3v) is 4.97. The predicted octanol–water partition coefficient (Wildman–Crippen LogP) is 5.01. The largest absolute Gasteiger partial charge is 0.321 e. The maximum Gasteiger partial charge on any atom is 0.272 e. The molecule has 3 aromatic carbocycles. The maximum atomic E-state index is 12.9. The van der Waals surface area contributed by atoms with Crippen molar-refractivity contribution >= 4 is 46.2 Å². The second-order valence-corrected chi connectivity index (χ2v) is 7.39. The highest BCUT2D eigenvalue weighted by atomic mass is 127. The molecule has 0 saturated heterocycles. The molecule has 4 nitrogen and oxygen atoms in total. The van der Waals surface area contributed by atoms with Crippen molar-refractivity contribution in [3.63, 3.8) is 0 Å². The highest BCUT2D eigenvalue weighted by molar-refractivity contribution is 14.1. The summed E-state index contributed by atoms with van der Waals surface area (Å²) in [6.45, 7) is 1.98. The van der Waals surface area contributed by atoms with Crippen LogP contribution < -0.4 is 10.6 Å². The van der Waals surface area contributed by atoms with Crippen LogP contribution in [0.4, 0.5) is 5.69 Å². The van der Waals surface area contributed by atoms with E-state index in [1.807, 2.05) is 73.7 Å². The number of aryl methyl sites for hydroxylation is 1. The third kappa shape index (κ3) is 5.29.